The van der Waals surface area contributed by atoms with Crippen LogP contribution in [0.4, 0.5) is 10.8 Å². The lowest BCUT2D eigenvalue weighted by Crippen LogP contribution is -2.21. The second kappa shape index (κ2) is 7.36. The summed E-state index contributed by atoms with van der Waals surface area (Å²) in [5.74, 6) is 0.442. The second-order valence-electron chi connectivity index (χ2n) is 5.70. The Morgan fingerprint density at radius 3 is 2.44 bits per heavy atom. The molecule has 0 fully saturated rings. The second-order valence-corrected chi connectivity index (χ2v) is 6.59. The van der Waals surface area contributed by atoms with Crippen LogP contribution >= 0.6 is 11.3 Å². The van der Waals surface area contributed by atoms with Gasteiger partial charge in [0.25, 0.3) is 5.91 Å². The van der Waals surface area contributed by atoms with Crippen LogP contribution in [0.3, 0.4) is 0 Å². The number of ether oxygens (including phenoxy) is 1. The summed E-state index contributed by atoms with van der Waals surface area (Å²) in [6.07, 6.45) is 0. The monoisotopic (exact) mass is 353 g/mol. The third-order valence-corrected chi connectivity index (χ3v) is 4.46. The molecule has 0 saturated heterocycles. The number of anilines is 2. The molecule has 1 aromatic heterocycles. The van der Waals surface area contributed by atoms with E-state index >= 15 is 0 Å². The SMILES string of the molecule is Cc1cccc(C)c1NC(=O)COc1ccc(-c2csc(N)n2)cc1. The summed E-state index contributed by atoms with van der Waals surface area (Å²) in [6.45, 7) is 3.89. The van der Waals surface area contributed by atoms with Crippen molar-refractivity contribution in [1.82, 2.24) is 4.98 Å². The zero-order valence-electron chi connectivity index (χ0n) is 14.1. The van der Waals surface area contributed by atoms with Crippen LogP contribution in [0.25, 0.3) is 11.3 Å². The molecule has 1 heterocycles. The number of nitrogens with one attached hydrogen (secondary N) is 1. The van der Waals surface area contributed by atoms with Crippen molar-refractivity contribution in [3.63, 3.8) is 0 Å². The van der Waals surface area contributed by atoms with E-state index in [9.17, 15) is 4.79 Å². The van der Waals surface area contributed by atoms with Crippen LogP contribution < -0.4 is 15.8 Å². The number of hydrogen-bond donors (Lipinski definition) is 2. The summed E-state index contributed by atoms with van der Waals surface area (Å²) in [7, 11) is 0. The lowest BCUT2D eigenvalue weighted by molar-refractivity contribution is -0.118. The predicted molar refractivity (Wildman–Crippen MR) is 102 cm³/mol. The highest BCUT2D eigenvalue weighted by atomic mass is 32.1. The van der Waals surface area contributed by atoms with E-state index in [4.69, 9.17) is 10.5 Å². The molecular formula is C19H19N3O2S. The molecule has 3 aromatic rings. The van der Waals surface area contributed by atoms with Gasteiger partial charge in [-0.05, 0) is 49.2 Å². The van der Waals surface area contributed by atoms with Gasteiger partial charge in [-0.15, -0.1) is 11.3 Å². The summed E-state index contributed by atoms with van der Waals surface area (Å²) in [6, 6.07) is 13.3. The minimum absolute atomic E-state index is 0.0449. The van der Waals surface area contributed by atoms with Crippen LogP contribution in [0.15, 0.2) is 47.8 Å². The van der Waals surface area contributed by atoms with Crippen molar-refractivity contribution < 1.29 is 9.53 Å². The van der Waals surface area contributed by atoms with Crippen LogP contribution in [0, 0.1) is 13.8 Å². The van der Waals surface area contributed by atoms with Crippen LogP contribution in [0.2, 0.25) is 0 Å². The molecule has 6 heteroatoms. The lowest BCUT2D eigenvalue weighted by atomic mass is 10.1. The summed E-state index contributed by atoms with van der Waals surface area (Å²) in [4.78, 5) is 16.4. The van der Waals surface area contributed by atoms with Gasteiger partial charge in [-0.25, -0.2) is 4.98 Å². The standard InChI is InChI=1S/C19H19N3O2S/c1-12-4-3-5-13(2)18(12)22-17(23)10-24-15-8-6-14(7-9-15)16-11-25-19(20)21-16/h3-9,11H,10H2,1-2H3,(H2,20,21)(H,22,23). The predicted octanol–water partition coefficient (Wildman–Crippen LogP) is 4.03. The molecule has 2 aromatic carbocycles. The molecule has 25 heavy (non-hydrogen) atoms. The average Bonchev–Trinajstić information content (AvgIpc) is 3.03. The number of aromatic nitrogens is 1. The van der Waals surface area contributed by atoms with Crippen LogP contribution in [0.1, 0.15) is 11.1 Å². The molecule has 5 nitrogen and oxygen atoms in total. The van der Waals surface area contributed by atoms with E-state index in [-0.39, 0.29) is 12.5 Å². The third-order valence-electron chi connectivity index (χ3n) is 3.79. The van der Waals surface area contributed by atoms with E-state index in [1.807, 2.05) is 61.7 Å². The van der Waals surface area contributed by atoms with Crippen molar-refractivity contribution in [3.05, 3.63) is 59.0 Å². The largest absolute Gasteiger partial charge is 0.484 e. The van der Waals surface area contributed by atoms with E-state index in [0.29, 0.717) is 10.9 Å². The zero-order chi connectivity index (χ0) is 17.8. The first-order chi connectivity index (χ1) is 12.0. The number of amides is 1. The Bertz CT molecular complexity index is 868. The van der Waals surface area contributed by atoms with Crippen LogP contribution in [-0.4, -0.2) is 17.5 Å². The van der Waals surface area contributed by atoms with Gasteiger partial charge < -0.3 is 15.8 Å². The number of nitrogen functional groups attached to an aromatic ring is 1. The van der Waals surface area contributed by atoms with Gasteiger partial charge in [-0.1, -0.05) is 18.2 Å². The van der Waals surface area contributed by atoms with E-state index in [0.717, 1.165) is 28.1 Å². The highest BCUT2D eigenvalue weighted by molar-refractivity contribution is 7.13. The quantitative estimate of drug-likeness (QED) is 0.726. The first kappa shape index (κ1) is 17.0. The normalized spacial score (nSPS) is 10.5. The molecule has 0 spiro atoms. The summed E-state index contributed by atoms with van der Waals surface area (Å²) in [5, 5.41) is 5.35. The van der Waals surface area contributed by atoms with Crippen molar-refractivity contribution in [2.75, 3.05) is 17.7 Å². The first-order valence-corrected chi connectivity index (χ1v) is 8.71. The summed E-state index contributed by atoms with van der Waals surface area (Å²) < 4.78 is 5.56. The van der Waals surface area contributed by atoms with Crippen molar-refractivity contribution in [3.8, 4) is 17.0 Å². The number of rotatable bonds is 5. The maximum atomic E-state index is 12.1. The van der Waals surface area contributed by atoms with Crippen LogP contribution in [0.5, 0.6) is 5.75 Å². The maximum Gasteiger partial charge on any atom is 0.262 e. The Balaban J connectivity index is 1.59. The van der Waals surface area contributed by atoms with Crippen LogP contribution in [-0.2, 0) is 4.79 Å². The highest BCUT2D eigenvalue weighted by Gasteiger charge is 2.08. The van der Waals surface area contributed by atoms with Gasteiger partial charge in [-0.3, -0.25) is 4.79 Å². The van der Waals surface area contributed by atoms with Crippen molar-refractivity contribution in [2.45, 2.75) is 13.8 Å². The molecule has 0 bridgehead atoms. The Morgan fingerprint density at radius 1 is 1.16 bits per heavy atom. The Morgan fingerprint density at radius 2 is 1.84 bits per heavy atom. The maximum absolute atomic E-state index is 12.1. The number of hydrogen-bond acceptors (Lipinski definition) is 5. The molecular weight excluding hydrogens is 334 g/mol. The number of aryl methyl sites for hydroxylation is 2. The van der Waals surface area contributed by atoms with Crippen molar-refractivity contribution in [2.24, 2.45) is 0 Å². The molecule has 3 rings (SSSR count). The Labute approximate surface area is 150 Å². The Hall–Kier alpha value is -2.86. The average molecular weight is 353 g/mol. The number of carbonyl (C=O) groups excluding carboxylic acids is 1. The zero-order valence-corrected chi connectivity index (χ0v) is 14.9. The van der Waals surface area contributed by atoms with Gasteiger partial charge in [-0.2, -0.15) is 0 Å². The fourth-order valence-corrected chi connectivity index (χ4v) is 3.05. The minimum atomic E-state index is -0.186. The lowest BCUT2D eigenvalue weighted by Gasteiger charge is -2.12. The van der Waals surface area contributed by atoms with E-state index in [1.54, 1.807) is 0 Å². The molecule has 0 aliphatic carbocycles. The number of nitrogens with two attached hydrogens (primary N) is 1. The van der Waals surface area contributed by atoms with Gasteiger partial charge in [0.05, 0.1) is 5.69 Å². The molecule has 128 valence electrons. The Kier molecular flexibility index (Phi) is 5.00. The fraction of sp³-hybridized carbons (Fsp3) is 0.158. The highest BCUT2D eigenvalue weighted by Crippen LogP contribution is 2.25. The first-order valence-electron chi connectivity index (χ1n) is 7.83. The molecule has 0 unspecified atom stereocenters. The fourth-order valence-electron chi connectivity index (χ4n) is 2.48. The molecule has 0 saturated carbocycles. The van der Waals surface area contributed by atoms with E-state index in [1.165, 1.54) is 11.3 Å². The molecule has 3 N–H and O–H groups in total. The van der Waals surface area contributed by atoms with Crippen molar-refractivity contribution >= 4 is 28.1 Å². The summed E-state index contributed by atoms with van der Waals surface area (Å²) >= 11 is 1.40. The molecule has 0 atom stereocenters. The number of carbonyl (C=O) groups is 1. The summed E-state index contributed by atoms with van der Waals surface area (Å²) in [5.41, 5.74) is 10.3. The van der Waals surface area contributed by atoms with Gasteiger partial charge in [0.2, 0.25) is 0 Å². The van der Waals surface area contributed by atoms with Gasteiger partial charge in [0, 0.05) is 16.6 Å². The molecule has 0 radical (unpaired) electrons. The van der Waals surface area contributed by atoms with E-state index in [2.05, 4.69) is 10.3 Å². The number of nitrogens with zero attached hydrogens (tertiary/aromatic N) is 1. The topological polar surface area (TPSA) is 77.2 Å². The van der Waals surface area contributed by atoms with Crippen molar-refractivity contribution in [1.29, 1.82) is 0 Å². The minimum Gasteiger partial charge on any atom is -0.484 e. The molecule has 1 amide bonds. The van der Waals surface area contributed by atoms with E-state index < -0.39 is 0 Å². The smallest absolute Gasteiger partial charge is 0.262 e. The number of benzene rings is 2. The van der Waals surface area contributed by atoms with Gasteiger partial charge in [0.1, 0.15) is 5.75 Å². The number of para-hydroxylation sites is 1. The third kappa shape index (κ3) is 4.16. The molecule has 0 aliphatic rings. The number of thiazole rings is 1. The van der Waals surface area contributed by atoms with Gasteiger partial charge in [0.15, 0.2) is 11.7 Å². The van der Waals surface area contributed by atoms with Gasteiger partial charge >= 0.3 is 0 Å². The molecule has 0 aliphatic heterocycles.